The van der Waals surface area contributed by atoms with E-state index in [9.17, 15) is 19.2 Å². The number of ether oxygens (including phenoxy) is 2. The monoisotopic (exact) mass is 434 g/mol. The average Bonchev–Trinajstić information content (AvgIpc) is 3.33. The highest BCUT2D eigenvalue weighted by atomic mass is 19.1. The first-order chi connectivity index (χ1) is 15.5. The summed E-state index contributed by atoms with van der Waals surface area (Å²) in [4.78, 5) is 30.0. The van der Waals surface area contributed by atoms with Gasteiger partial charge in [0.2, 0.25) is 5.88 Å². The lowest BCUT2D eigenvalue weighted by molar-refractivity contribution is -0.117. The molecule has 1 saturated heterocycles. The first-order valence-electron chi connectivity index (χ1n) is 10.0. The number of carbonyl (C=O) groups is 1. The van der Waals surface area contributed by atoms with Crippen molar-refractivity contribution in [3.8, 4) is 17.7 Å². The molecule has 3 heterocycles. The SMILES string of the molecule is N#CC(=Cc1c(Oc2ccc(F)cc2)nc2ccccn2c1=O)C(=O)NCC1CCCO1. The highest BCUT2D eigenvalue weighted by Crippen LogP contribution is 2.24. The first-order valence-corrected chi connectivity index (χ1v) is 10.0. The highest BCUT2D eigenvalue weighted by molar-refractivity contribution is 6.01. The molecule has 1 atom stereocenters. The molecule has 0 bridgehead atoms. The van der Waals surface area contributed by atoms with E-state index in [0.29, 0.717) is 12.3 Å². The Morgan fingerprint density at radius 1 is 1.34 bits per heavy atom. The molecule has 1 aromatic carbocycles. The van der Waals surface area contributed by atoms with Crippen LogP contribution in [0.1, 0.15) is 18.4 Å². The summed E-state index contributed by atoms with van der Waals surface area (Å²) >= 11 is 0. The quantitative estimate of drug-likeness (QED) is 0.472. The minimum Gasteiger partial charge on any atom is -0.438 e. The van der Waals surface area contributed by atoms with E-state index < -0.39 is 17.3 Å². The van der Waals surface area contributed by atoms with Crippen LogP contribution in [0.25, 0.3) is 11.7 Å². The number of nitriles is 1. The minimum absolute atomic E-state index is 0.0816. The Morgan fingerprint density at radius 3 is 2.88 bits per heavy atom. The molecule has 1 fully saturated rings. The first kappa shape index (κ1) is 21.2. The van der Waals surface area contributed by atoms with Gasteiger partial charge in [-0.25, -0.2) is 4.39 Å². The van der Waals surface area contributed by atoms with Crippen LogP contribution in [-0.2, 0) is 9.53 Å². The van der Waals surface area contributed by atoms with Gasteiger partial charge in [0.15, 0.2) is 0 Å². The molecule has 162 valence electrons. The molecule has 0 saturated carbocycles. The second kappa shape index (κ2) is 9.41. The van der Waals surface area contributed by atoms with Gasteiger partial charge >= 0.3 is 0 Å². The number of halogens is 1. The molecule has 9 heteroatoms. The Bertz CT molecular complexity index is 1270. The largest absolute Gasteiger partial charge is 0.438 e. The van der Waals surface area contributed by atoms with Crippen molar-refractivity contribution >= 4 is 17.6 Å². The molecular weight excluding hydrogens is 415 g/mol. The molecule has 1 N–H and O–H groups in total. The number of carbonyl (C=O) groups excluding carboxylic acids is 1. The van der Waals surface area contributed by atoms with Gasteiger partial charge < -0.3 is 14.8 Å². The molecule has 1 aliphatic heterocycles. The van der Waals surface area contributed by atoms with E-state index in [1.807, 2.05) is 6.07 Å². The third kappa shape index (κ3) is 4.66. The number of aromatic nitrogens is 2. The van der Waals surface area contributed by atoms with Crippen LogP contribution in [0, 0.1) is 17.1 Å². The lowest BCUT2D eigenvalue weighted by Gasteiger charge is -2.11. The number of hydrogen-bond donors (Lipinski definition) is 1. The molecule has 8 nitrogen and oxygen atoms in total. The number of pyridine rings is 1. The van der Waals surface area contributed by atoms with Crippen LogP contribution in [0.4, 0.5) is 4.39 Å². The predicted octanol–water partition coefficient (Wildman–Crippen LogP) is 2.83. The van der Waals surface area contributed by atoms with Crippen molar-refractivity contribution in [1.82, 2.24) is 14.7 Å². The van der Waals surface area contributed by atoms with Crippen molar-refractivity contribution in [1.29, 1.82) is 5.26 Å². The molecule has 1 amide bonds. The van der Waals surface area contributed by atoms with Gasteiger partial charge in [-0.2, -0.15) is 10.2 Å². The fourth-order valence-corrected chi connectivity index (χ4v) is 3.30. The van der Waals surface area contributed by atoms with Gasteiger partial charge in [-0.1, -0.05) is 6.07 Å². The maximum atomic E-state index is 13.2. The molecule has 2 aromatic heterocycles. The predicted molar refractivity (Wildman–Crippen MR) is 114 cm³/mol. The molecule has 3 aromatic rings. The number of benzene rings is 1. The molecule has 0 radical (unpaired) electrons. The van der Waals surface area contributed by atoms with Crippen molar-refractivity contribution in [3.63, 3.8) is 0 Å². The summed E-state index contributed by atoms with van der Waals surface area (Å²) in [5.41, 5.74) is -0.566. The number of nitrogens with one attached hydrogen (secondary N) is 1. The van der Waals surface area contributed by atoms with Crippen molar-refractivity contribution in [3.05, 3.63) is 76.0 Å². The van der Waals surface area contributed by atoms with Gasteiger partial charge in [-0.3, -0.25) is 14.0 Å². The summed E-state index contributed by atoms with van der Waals surface area (Å²) in [6, 6.07) is 12.0. The Balaban J connectivity index is 1.72. The van der Waals surface area contributed by atoms with Gasteiger partial charge in [-0.05, 0) is 55.3 Å². The van der Waals surface area contributed by atoms with E-state index in [1.165, 1.54) is 34.9 Å². The van der Waals surface area contributed by atoms with Crippen LogP contribution in [0.3, 0.4) is 0 Å². The summed E-state index contributed by atoms with van der Waals surface area (Å²) < 4.78 is 25.7. The van der Waals surface area contributed by atoms with Crippen LogP contribution in [0.5, 0.6) is 11.6 Å². The standard InChI is InChI=1S/C23H19FN4O4/c24-16-6-8-17(9-7-16)32-22-19(23(30)28-10-2-1-5-20(28)27-22)12-15(13-25)21(29)26-14-18-4-3-11-31-18/h1-2,5-10,12,18H,3-4,11,14H2,(H,26,29). The van der Waals surface area contributed by atoms with Crippen LogP contribution in [0.15, 0.2) is 59.0 Å². The summed E-state index contributed by atoms with van der Waals surface area (Å²) in [7, 11) is 0. The summed E-state index contributed by atoms with van der Waals surface area (Å²) in [6.45, 7) is 0.914. The normalized spacial score (nSPS) is 16.0. The second-order valence-corrected chi connectivity index (χ2v) is 7.14. The van der Waals surface area contributed by atoms with Gasteiger partial charge in [0.05, 0.1) is 6.10 Å². The maximum Gasteiger partial charge on any atom is 0.269 e. The molecule has 1 aliphatic rings. The average molecular weight is 434 g/mol. The van der Waals surface area contributed by atoms with Crippen molar-refractivity contribution in [2.75, 3.05) is 13.2 Å². The summed E-state index contributed by atoms with van der Waals surface area (Å²) in [6.07, 6.45) is 4.33. The summed E-state index contributed by atoms with van der Waals surface area (Å²) in [5, 5.41) is 12.2. The van der Waals surface area contributed by atoms with E-state index in [2.05, 4.69) is 10.3 Å². The molecule has 1 unspecified atom stereocenters. The van der Waals surface area contributed by atoms with Gasteiger partial charge in [0.1, 0.15) is 34.4 Å². The molecule has 4 rings (SSSR count). The van der Waals surface area contributed by atoms with Crippen molar-refractivity contribution in [2.45, 2.75) is 18.9 Å². The van der Waals surface area contributed by atoms with Gasteiger partial charge in [0.25, 0.3) is 11.5 Å². The zero-order valence-corrected chi connectivity index (χ0v) is 17.0. The van der Waals surface area contributed by atoms with E-state index in [4.69, 9.17) is 9.47 Å². The van der Waals surface area contributed by atoms with Crippen molar-refractivity contribution in [2.24, 2.45) is 0 Å². The zero-order chi connectivity index (χ0) is 22.5. The van der Waals surface area contributed by atoms with E-state index in [0.717, 1.165) is 18.9 Å². The van der Waals surface area contributed by atoms with E-state index in [-0.39, 0.29) is 35.4 Å². The maximum absolute atomic E-state index is 13.2. The van der Waals surface area contributed by atoms with E-state index >= 15 is 0 Å². The summed E-state index contributed by atoms with van der Waals surface area (Å²) in [5.74, 6) is -0.936. The highest BCUT2D eigenvalue weighted by Gasteiger charge is 2.20. The lowest BCUT2D eigenvalue weighted by atomic mass is 10.1. The fraction of sp³-hybridized carbons (Fsp3) is 0.217. The van der Waals surface area contributed by atoms with Crippen LogP contribution < -0.4 is 15.6 Å². The third-order valence-corrected chi connectivity index (χ3v) is 4.93. The van der Waals surface area contributed by atoms with Crippen molar-refractivity contribution < 1.29 is 18.7 Å². The topological polar surface area (TPSA) is 106 Å². The molecule has 0 aliphatic carbocycles. The zero-order valence-electron chi connectivity index (χ0n) is 17.0. The molecule has 32 heavy (non-hydrogen) atoms. The molecular formula is C23H19FN4O4. The smallest absolute Gasteiger partial charge is 0.269 e. The second-order valence-electron chi connectivity index (χ2n) is 7.14. The fourth-order valence-electron chi connectivity index (χ4n) is 3.30. The lowest BCUT2D eigenvalue weighted by Crippen LogP contribution is -2.32. The van der Waals surface area contributed by atoms with Gasteiger partial charge in [-0.15, -0.1) is 0 Å². The number of rotatable bonds is 6. The third-order valence-electron chi connectivity index (χ3n) is 4.93. The number of nitrogens with zero attached hydrogens (tertiary/aromatic N) is 3. The minimum atomic E-state index is -0.631. The Morgan fingerprint density at radius 2 is 2.16 bits per heavy atom. The van der Waals surface area contributed by atoms with E-state index in [1.54, 1.807) is 18.2 Å². The molecule has 0 spiro atoms. The number of fused-ring (bicyclic) bond motifs is 1. The Labute approximate surface area is 182 Å². The van der Waals surface area contributed by atoms with Crippen LogP contribution >= 0.6 is 0 Å². The number of amides is 1. The van der Waals surface area contributed by atoms with Crippen LogP contribution in [-0.4, -0.2) is 34.5 Å². The van der Waals surface area contributed by atoms with Crippen LogP contribution in [0.2, 0.25) is 0 Å². The number of hydrogen-bond acceptors (Lipinski definition) is 6. The van der Waals surface area contributed by atoms with Gasteiger partial charge in [0, 0.05) is 19.3 Å². The Hall–Kier alpha value is -4.03. The Kier molecular flexibility index (Phi) is 6.24.